The Labute approximate surface area is 301 Å². The molecule has 10 nitrogen and oxygen atoms in total. The standard InChI is InChI=1S/C15H36NO2Si.C9H22O5SSi.C9H20O2Si.CH4/c1-7-16(8-2,9-3)13-15(17)14-18-11-10-12-19(4,5)6;1-16(2,3)6-4-5-14-7-9(10)8-15(11,12)13;1-12(2,3)6-4-5-10-7-9-8-11-9;/h15,17H,7-14H2,1-6H3;9-10H,4-8H2,1-3H3,(H,11,12,13);9H,4-8H2,1-3H3;1H4/q+1;;;/p-1. The van der Waals surface area contributed by atoms with Gasteiger partial charge in [0, 0.05) is 44.0 Å². The Morgan fingerprint density at radius 1 is 0.729 bits per heavy atom. The molecule has 1 aliphatic heterocycles. The minimum atomic E-state index is -4.36. The van der Waals surface area contributed by atoms with Crippen LogP contribution in [-0.4, -0.2) is 148 Å². The first-order valence-electron chi connectivity index (χ1n) is 18.0. The predicted molar refractivity (Wildman–Crippen MR) is 211 cm³/mol. The van der Waals surface area contributed by atoms with Gasteiger partial charge in [-0.3, -0.25) is 0 Å². The minimum Gasteiger partial charge on any atom is -0.748 e. The molecule has 14 heteroatoms. The molecule has 0 bridgehead atoms. The van der Waals surface area contributed by atoms with Gasteiger partial charge in [-0.15, -0.1) is 0 Å². The summed E-state index contributed by atoms with van der Waals surface area (Å²) >= 11 is 0. The van der Waals surface area contributed by atoms with Crippen molar-refractivity contribution >= 4 is 34.3 Å². The van der Waals surface area contributed by atoms with E-state index in [1.807, 2.05) is 0 Å². The lowest BCUT2D eigenvalue weighted by molar-refractivity contribution is -0.926. The number of aliphatic hydroxyl groups excluding tert-OH is 2. The Kier molecular flexibility index (Phi) is 29.6. The summed E-state index contributed by atoms with van der Waals surface area (Å²) < 4.78 is 53.1. The van der Waals surface area contributed by atoms with E-state index in [1.165, 1.54) is 18.5 Å². The summed E-state index contributed by atoms with van der Waals surface area (Å²) in [4.78, 5) is 0. The van der Waals surface area contributed by atoms with E-state index in [1.54, 1.807) is 0 Å². The Hall–Kier alpha value is 0.281. The number of aliphatic hydroxyl groups is 2. The van der Waals surface area contributed by atoms with Crippen molar-refractivity contribution in [1.29, 1.82) is 0 Å². The maximum atomic E-state index is 10.3. The maximum absolute atomic E-state index is 10.3. The first kappa shape index (κ1) is 52.6. The monoisotopic (exact) mass is 763 g/mol. The van der Waals surface area contributed by atoms with E-state index in [9.17, 15) is 18.1 Å². The molecular weight excluding hydrogens is 683 g/mol. The summed E-state index contributed by atoms with van der Waals surface area (Å²) in [6.07, 6.45) is 2.16. The van der Waals surface area contributed by atoms with E-state index in [0.717, 1.165) is 76.0 Å². The van der Waals surface area contributed by atoms with Gasteiger partial charge in [-0.1, -0.05) is 84.5 Å². The lowest BCUT2D eigenvalue weighted by atomic mass is 10.2. The van der Waals surface area contributed by atoms with Gasteiger partial charge in [-0.05, 0) is 40.0 Å². The molecule has 294 valence electrons. The molecule has 0 spiro atoms. The van der Waals surface area contributed by atoms with Crippen molar-refractivity contribution in [3.63, 3.8) is 0 Å². The molecule has 3 unspecified atom stereocenters. The van der Waals surface area contributed by atoms with Crippen LogP contribution in [-0.2, 0) is 29.1 Å². The molecule has 1 fully saturated rings. The van der Waals surface area contributed by atoms with Crippen molar-refractivity contribution in [1.82, 2.24) is 0 Å². The lowest BCUT2D eigenvalue weighted by Crippen LogP contribution is -2.52. The highest BCUT2D eigenvalue weighted by Crippen LogP contribution is 2.14. The number of ether oxygens (including phenoxy) is 4. The van der Waals surface area contributed by atoms with Crippen LogP contribution < -0.4 is 0 Å². The fourth-order valence-electron chi connectivity index (χ4n) is 4.77. The topological polar surface area (TPSA) is 138 Å². The molecule has 48 heavy (non-hydrogen) atoms. The number of likely N-dealkylation sites (N-methyl/N-ethyl adjacent to an activating group) is 1. The van der Waals surface area contributed by atoms with E-state index in [2.05, 4.69) is 79.7 Å². The van der Waals surface area contributed by atoms with Crippen molar-refractivity contribution in [3.8, 4) is 0 Å². The molecule has 1 rings (SSSR count). The van der Waals surface area contributed by atoms with Crippen molar-refractivity contribution < 1.29 is 46.6 Å². The van der Waals surface area contributed by atoms with Gasteiger partial charge in [-0.2, -0.15) is 0 Å². The molecule has 0 radical (unpaired) electrons. The number of quaternary nitrogens is 1. The zero-order valence-corrected chi connectivity index (χ0v) is 36.4. The summed E-state index contributed by atoms with van der Waals surface area (Å²) in [7, 11) is -7.19. The van der Waals surface area contributed by atoms with Crippen molar-refractivity contribution in [3.05, 3.63) is 0 Å². The van der Waals surface area contributed by atoms with Crippen LogP contribution in [0.2, 0.25) is 77.1 Å². The first-order chi connectivity index (χ1) is 21.5. The van der Waals surface area contributed by atoms with Crippen molar-refractivity contribution in [2.24, 2.45) is 0 Å². The summed E-state index contributed by atoms with van der Waals surface area (Å²) in [6, 6.07) is 3.81. The Morgan fingerprint density at radius 3 is 1.40 bits per heavy atom. The zero-order valence-electron chi connectivity index (χ0n) is 32.6. The first-order valence-corrected chi connectivity index (χ1v) is 30.7. The van der Waals surface area contributed by atoms with Crippen molar-refractivity contribution in [2.45, 2.75) is 143 Å². The number of hydrogen-bond acceptors (Lipinski definition) is 9. The van der Waals surface area contributed by atoms with Crippen LogP contribution in [0.25, 0.3) is 0 Å². The molecule has 0 saturated carbocycles. The smallest absolute Gasteiger partial charge is 0.126 e. The minimum absolute atomic E-state index is 0. The fourth-order valence-corrected chi connectivity index (χ4v) is 8.96. The van der Waals surface area contributed by atoms with Crippen LogP contribution >= 0.6 is 0 Å². The number of rotatable bonds is 25. The molecule has 0 amide bonds. The van der Waals surface area contributed by atoms with Gasteiger partial charge in [0.25, 0.3) is 0 Å². The SMILES string of the molecule is C.CC[N+](CC)(CC)CC(O)COCCC[Si](C)(C)C.C[Si](C)(C)CCCOCC(O)CS(=O)(=O)[O-].C[Si](C)(C)CCCOCC1CO1. The van der Waals surface area contributed by atoms with Gasteiger partial charge < -0.3 is 38.2 Å². The number of hydrogen-bond donors (Lipinski definition) is 2. The summed E-state index contributed by atoms with van der Waals surface area (Å²) in [5, 5.41) is 19.3. The number of nitrogens with zero attached hydrogens (tertiary/aromatic N) is 1. The third kappa shape index (κ3) is 39.1. The second kappa shape index (κ2) is 27.0. The second-order valence-corrected chi connectivity index (χ2v) is 35.0. The molecule has 3 atom stereocenters. The summed E-state index contributed by atoms with van der Waals surface area (Å²) in [5.74, 6) is -0.777. The van der Waals surface area contributed by atoms with Crippen molar-refractivity contribution in [2.75, 3.05) is 78.2 Å². The van der Waals surface area contributed by atoms with E-state index >= 15 is 0 Å². The molecule has 1 heterocycles. The third-order valence-electron chi connectivity index (χ3n) is 7.98. The normalized spacial score (nSPS) is 16.5. The van der Waals surface area contributed by atoms with Crippen LogP contribution in [0, 0.1) is 0 Å². The second-order valence-electron chi connectivity index (χ2n) is 16.7. The van der Waals surface area contributed by atoms with Crippen LogP contribution in [0.5, 0.6) is 0 Å². The average Bonchev–Trinajstić information content (AvgIpc) is 3.74. The Morgan fingerprint density at radius 2 is 1.08 bits per heavy atom. The molecular formula is C34H81NO9SSi3. The van der Waals surface area contributed by atoms with E-state index < -0.39 is 46.2 Å². The quantitative estimate of drug-likeness (QED) is 0.0357. The average molecular weight is 764 g/mol. The van der Waals surface area contributed by atoms with Crippen LogP contribution in [0.15, 0.2) is 0 Å². The van der Waals surface area contributed by atoms with Gasteiger partial charge in [0.2, 0.25) is 0 Å². The molecule has 1 saturated heterocycles. The largest absolute Gasteiger partial charge is 0.748 e. The fraction of sp³-hybridized carbons (Fsp3) is 1.00. The van der Waals surface area contributed by atoms with E-state index in [-0.39, 0.29) is 20.1 Å². The van der Waals surface area contributed by atoms with Crippen LogP contribution in [0.3, 0.4) is 0 Å². The Bertz CT molecular complexity index is 847. The molecule has 2 N–H and O–H groups in total. The highest BCUT2D eigenvalue weighted by atomic mass is 32.2. The summed E-state index contributed by atoms with van der Waals surface area (Å²) in [5.41, 5.74) is 0. The Balaban J connectivity index is -0.000000640. The van der Waals surface area contributed by atoms with Gasteiger partial charge in [-0.25, -0.2) is 8.42 Å². The number of epoxide rings is 1. The summed E-state index contributed by atoms with van der Waals surface area (Å²) in [6.45, 7) is 36.1. The highest BCUT2D eigenvalue weighted by Gasteiger charge is 2.25. The van der Waals surface area contributed by atoms with Gasteiger partial charge >= 0.3 is 0 Å². The predicted octanol–water partition coefficient (Wildman–Crippen LogP) is 6.37. The van der Waals surface area contributed by atoms with Gasteiger partial charge in [0.1, 0.15) is 18.8 Å². The van der Waals surface area contributed by atoms with Crippen LogP contribution in [0.1, 0.15) is 47.5 Å². The zero-order chi connectivity index (χ0) is 36.8. The third-order valence-corrected chi connectivity index (χ3v) is 14.3. The molecule has 0 aliphatic carbocycles. The molecule has 1 aliphatic rings. The highest BCUT2D eigenvalue weighted by molar-refractivity contribution is 7.85. The lowest BCUT2D eigenvalue weighted by Gasteiger charge is -2.37. The van der Waals surface area contributed by atoms with Crippen LogP contribution in [0.4, 0.5) is 0 Å². The molecule has 0 aromatic heterocycles. The maximum Gasteiger partial charge on any atom is 0.126 e. The van der Waals surface area contributed by atoms with E-state index in [0.29, 0.717) is 19.3 Å². The van der Waals surface area contributed by atoms with Gasteiger partial charge in [0.15, 0.2) is 0 Å². The molecule has 0 aromatic carbocycles. The van der Waals surface area contributed by atoms with Gasteiger partial charge in [0.05, 0.1) is 68.0 Å². The molecule has 0 aromatic rings. The van der Waals surface area contributed by atoms with E-state index in [4.69, 9.17) is 24.1 Å².